The zero-order chi connectivity index (χ0) is 13.1. The molecule has 1 aliphatic carbocycles. The normalized spacial score (nSPS) is 24.0. The molecule has 5 heteroatoms. The van der Waals surface area contributed by atoms with E-state index in [0.717, 1.165) is 31.2 Å². The fraction of sp³-hybridized carbons (Fsp3) is 0.692. The summed E-state index contributed by atoms with van der Waals surface area (Å²) in [5, 5.41) is 0.469. The van der Waals surface area contributed by atoms with Crippen LogP contribution in [-0.4, -0.2) is 29.3 Å². The molecule has 4 nitrogen and oxygen atoms in total. The first-order chi connectivity index (χ1) is 8.60. The number of hydrogen-bond donors (Lipinski definition) is 0. The number of aryl methyl sites for hydroxylation is 1. The van der Waals surface area contributed by atoms with E-state index in [4.69, 9.17) is 21.1 Å². The predicted molar refractivity (Wildman–Crippen MR) is 70.2 cm³/mol. The van der Waals surface area contributed by atoms with E-state index in [0.29, 0.717) is 23.0 Å². The van der Waals surface area contributed by atoms with E-state index in [1.54, 1.807) is 7.11 Å². The first-order valence-electron chi connectivity index (χ1n) is 6.30. The van der Waals surface area contributed by atoms with Crippen LogP contribution in [-0.2, 0) is 4.74 Å². The molecule has 0 bridgehead atoms. The van der Waals surface area contributed by atoms with Crippen LogP contribution in [0.2, 0.25) is 5.15 Å². The van der Waals surface area contributed by atoms with E-state index < -0.39 is 0 Å². The number of methoxy groups -OCH3 is 1. The topological polar surface area (TPSA) is 44.2 Å². The van der Waals surface area contributed by atoms with Crippen LogP contribution in [0.3, 0.4) is 0 Å². The Balaban J connectivity index is 2.09. The Morgan fingerprint density at radius 1 is 1.17 bits per heavy atom. The van der Waals surface area contributed by atoms with E-state index in [2.05, 4.69) is 9.97 Å². The Labute approximate surface area is 113 Å². The van der Waals surface area contributed by atoms with Gasteiger partial charge in [0.2, 0.25) is 5.88 Å². The lowest BCUT2D eigenvalue weighted by Gasteiger charge is -2.28. The Bertz CT molecular complexity index is 426. The van der Waals surface area contributed by atoms with Crippen molar-refractivity contribution in [1.82, 2.24) is 9.97 Å². The number of halogens is 1. The van der Waals surface area contributed by atoms with Crippen LogP contribution >= 0.6 is 11.6 Å². The van der Waals surface area contributed by atoms with Crippen molar-refractivity contribution in [2.75, 3.05) is 7.11 Å². The van der Waals surface area contributed by atoms with Crippen molar-refractivity contribution in [3.63, 3.8) is 0 Å². The predicted octanol–water partition coefficient (Wildman–Crippen LogP) is 3.08. The number of ether oxygens (including phenoxy) is 2. The Kier molecular flexibility index (Phi) is 4.40. The molecule has 2 atom stereocenters. The summed E-state index contributed by atoms with van der Waals surface area (Å²) in [6.07, 6.45) is 4.64. The summed E-state index contributed by atoms with van der Waals surface area (Å²) >= 11 is 6.04. The van der Waals surface area contributed by atoms with Gasteiger partial charge in [-0.05, 0) is 33.1 Å². The monoisotopic (exact) mass is 270 g/mol. The molecule has 0 radical (unpaired) electrons. The van der Waals surface area contributed by atoms with Gasteiger partial charge in [-0.1, -0.05) is 11.6 Å². The molecule has 0 saturated heterocycles. The molecule has 100 valence electrons. The van der Waals surface area contributed by atoms with E-state index >= 15 is 0 Å². The zero-order valence-electron chi connectivity index (χ0n) is 11.1. The van der Waals surface area contributed by atoms with Crippen LogP contribution in [0.5, 0.6) is 5.88 Å². The lowest BCUT2D eigenvalue weighted by Crippen LogP contribution is -2.30. The summed E-state index contributed by atoms with van der Waals surface area (Å²) in [5.41, 5.74) is 0.807. The van der Waals surface area contributed by atoms with Gasteiger partial charge in [-0.2, -0.15) is 4.98 Å². The highest BCUT2D eigenvalue weighted by molar-refractivity contribution is 6.30. The van der Waals surface area contributed by atoms with E-state index in [9.17, 15) is 0 Å². The second kappa shape index (κ2) is 5.85. The van der Waals surface area contributed by atoms with Gasteiger partial charge in [0.15, 0.2) is 0 Å². The van der Waals surface area contributed by atoms with Crippen molar-refractivity contribution >= 4 is 11.6 Å². The highest BCUT2D eigenvalue weighted by atomic mass is 35.5. The molecular weight excluding hydrogens is 252 g/mol. The van der Waals surface area contributed by atoms with Gasteiger partial charge in [-0.15, -0.1) is 0 Å². The molecule has 0 N–H and O–H groups in total. The molecule has 1 fully saturated rings. The molecule has 1 aromatic rings. The number of hydrogen-bond acceptors (Lipinski definition) is 4. The second-order valence-corrected chi connectivity index (χ2v) is 5.11. The number of rotatable bonds is 3. The smallest absolute Gasteiger partial charge is 0.221 e. The third kappa shape index (κ3) is 3.12. The summed E-state index contributed by atoms with van der Waals surface area (Å²) in [5.74, 6) is 1.24. The van der Waals surface area contributed by atoms with Crippen molar-refractivity contribution in [2.45, 2.75) is 51.7 Å². The molecule has 2 unspecified atom stereocenters. The maximum absolute atomic E-state index is 6.04. The minimum atomic E-state index is 0.160. The van der Waals surface area contributed by atoms with Crippen molar-refractivity contribution in [3.8, 4) is 5.88 Å². The van der Waals surface area contributed by atoms with E-state index in [1.807, 2.05) is 13.8 Å². The lowest BCUT2D eigenvalue weighted by molar-refractivity contribution is 0.0192. The van der Waals surface area contributed by atoms with Gasteiger partial charge in [0.1, 0.15) is 17.1 Å². The molecule has 18 heavy (non-hydrogen) atoms. The largest absolute Gasteiger partial charge is 0.474 e. The standard InChI is InChI=1S/C13H19ClN2O2/c1-8-12(14)15-9(2)16-13(8)18-11-6-4-5-10(7-11)17-3/h10-11H,4-7H2,1-3H3. The van der Waals surface area contributed by atoms with Crippen LogP contribution in [0.4, 0.5) is 0 Å². The molecule has 0 amide bonds. The van der Waals surface area contributed by atoms with Crippen molar-refractivity contribution < 1.29 is 9.47 Å². The third-order valence-electron chi connectivity index (χ3n) is 3.34. The van der Waals surface area contributed by atoms with Gasteiger partial charge in [0.25, 0.3) is 0 Å². The van der Waals surface area contributed by atoms with Gasteiger partial charge in [0.05, 0.1) is 6.10 Å². The summed E-state index contributed by atoms with van der Waals surface area (Å²) in [6, 6.07) is 0. The van der Waals surface area contributed by atoms with E-state index in [-0.39, 0.29) is 6.10 Å². The summed E-state index contributed by atoms with van der Waals surface area (Å²) in [6.45, 7) is 3.70. The van der Waals surface area contributed by atoms with Gasteiger partial charge >= 0.3 is 0 Å². The summed E-state index contributed by atoms with van der Waals surface area (Å²) in [7, 11) is 1.75. The molecule has 1 saturated carbocycles. The molecule has 0 aromatic carbocycles. The third-order valence-corrected chi connectivity index (χ3v) is 3.71. The first-order valence-corrected chi connectivity index (χ1v) is 6.68. The second-order valence-electron chi connectivity index (χ2n) is 4.76. The van der Waals surface area contributed by atoms with E-state index in [1.165, 1.54) is 0 Å². The maximum Gasteiger partial charge on any atom is 0.221 e. The lowest BCUT2D eigenvalue weighted by atomic mass is 9.95. The highest BCUT2D eigenvalue weighted by Crippen LogP contribution is 2.28. The fourth-order valence-electron chi connectivity index (χ4n) is 2.27. The van der Waals surface area contributed by atoms with Crippen molar-refractivity contribution in [1.29, 1.82) is 0 Å². The quantitative estimate of drug-likeness (QED) is 0.792. The van der Waals surface area contributed by atoms with Gasteiger partial charge in [-0.3, -0.25) is 0 Å². The Morgan fingerprint density at radius 2 is 1.89 bits per heavy atom. The molecular formula is C13H19ClN2O2. The average Bonchev–Trinajstić information content (AvgIpc) is 2.35. The minimum absolute atomic E-state index is 0.160. The Morgan fingerprint density at radius 3 is 2.61 bits per heavy atom. The number of aromatic nitrogens is 2. The summed E-state index contributed by atoms with van der Waals surface area (Å²) in [4.78, 5) is 8.43. The zero-order valence-corrected chi connectivity index (χ0v) is 11.8. The van der Waals surface area contributed by atoms with Crippen LogP contribution < -0.4 is 4.74 Å². The van der Waals surface area contributed by atoms with Crippen molar-refractivity contribution in [3.05, 3.63) is 16.5 Å². The van der Waals surface area contributed by atoms with Gasteiger partial charge in [0, 0.05) is 19.1 Å². The maximum atomic E-state index is 6.04. The minimum Gasteiger partial charge on any atom is -0.474 e. The van der Waals surface area contributed by atoms with Crippen LogP contribution in [0, 0.1) is 13.8 Å². The van der Waals surface area contributed by atoms with Crippen LogP contribution in [0.15, 0.2) is 0 Å². The van der Waals surface area contributed by atoms with Crippen molar-refractivity contribution in [2.24, 2.45) is 0 Å². The molecule has 1 aliphatic rings. The first kappa shape index (κ1) is 13.6. The molecule has 1 aromatic heterocycles. The summed E-state index contributed by atoms with van der Waals surface area (Å²) < 4.78 is 11.4. The Hall–Kier alpha value is -0.870. The molecule has 1 heterocycles. The average molecular weight is 271 g/mol. The molecule has 0 spiro atoms. The van der Waals surface area contributed by atoms with Crippen LogP contribution in [0.1, 0.15) is 37.1 Å². The molecule has 2 rings (SSSR count). The SMILES string of the molecule is COC1CCCC(Oc2nc(C)nc(Cl)c2C)C1. The van der Waals surface area contributed by atoms with Gasteiger partial charge < -0.3 is 9.47 Å². The van der Waals surface area contributed by atoms with Gasteiger partial charge in [-0.25, -0.2) is 4.98 Å². The fourth-order valence-corrected chi connectivity index (χ4v) is 2.47. The van der Waals surface area contributed by atoms with Crippen LogP contribution in [0.25, 0.3) is 0 Å². The molecule has 0 aliphatic heterocycles. The number of nitrogens with zero attached hydrogens (tertiary/aromatic N) is 2. The highest BCUT2D eigenvalue weighted by Gasteiger charge is 2.24.